The molecule has 0 aliphatic rings. The number of halogens is 1. The van der Waals surface area contributed by atoms with Crippen LogP contribution in [0.5, 0.6) is 0 Å². The van der Waals surface area contributed by atoms with Crippen molar-refractivity contribution in [1.82, 2.24) is 0 Å². The van der Waals surface area contributed by atoms with Crippen molar-refractivity contribution in [1.29, 1.82) is 0 Å². The molecule has 0 aliphatic heterocycles. The van der Waals surface area contributed by atoms with Gasteiger partial charge in [0, 0.05) is 23.1 Å². The second kappa shape index (κ2) is 7.02. The van der Waals surface area contributed by atoms with Gasteiger partial charge in [0.1, 0.15) is 0 Å². The normalized spacial score (nSPS) is 8.57. The van der Waals surface area contributed by atoms with Crippen LogP contribution in [0.3, 0.4) is 0 Å². The Bertz CT molecular complexity index is 32.9. The zero-order valence-corrected chi connectivity index (χ0v) is 6.95. The van der Waals surface area contributed by atoms with Gasteiger partial charge >= 0.3 is 0 Å². The van der Waals surface area contributed by atoms with Crippen LogP contribution >= 0.6 is 11.9 Å². The Labute approximate surface area is 65.7 Å². The average Bonchev–Trinajstić information content (AvgIpc) is 1.35. The first-order chi connectivity index (χ1) is 2.77. The molecular formula is C4H9ClMgO. The highest BCUT2D eigenvalue weighted by atomic mass is 35.5. The molecule has 0 spiro atoms. The van der Waals surface area contributed by atoms with E-state index in [4.69, 9.17) is 11.9 Å². The Morgan fingerprint density at radius 1 is 1.57 bits per heavy atom. The molecule has 0 saturated heterocycles. The Kier molecular flexibility index (Phi) is 10.9. The van der Waals surface area contributed by atoms with Crippen molar-refractivity contribution in [3.8, 4) is 0 Å². The summed E-state index contributed by atoms with van der Waals surface area (Å²) in [5.74, 6) is 0.544. The van der Waals surface area contributed by atoms with E-state index in [1.165, 1.54) is 0 Å². The summed E-state index contributed by atoms with van der Waals surface area (Å²) in [5, 5.41) is 0. The highest BCUT2D eigenvalue weighted by molar-refractivity contribution is 6.07. The van der Waals surface area contributed by atoms with Gasteiger partial charge in [-0.15, -0.1) is 0 Å². The molecule has 0 aromatic carbocycles. The Hall–Kier alpha value is 1.02. The summed E-state index contributed by atoms with van der Waals surface area (Å²) >= 11 is 4.90. The van der Waals surface area contributed by atoms with Crippen molar-refractivity contribution in [3.05, 3.63) is 0 Å². The highest BCUT2D eigenvalue weighted by Crippen LogP contribution is 1.92. The van der Waals surface area contributed by atoms with Crippen LogP contribution < -0.4 is 0 Å². The van der Waals surface area contributed by atoms with E-state index < -0.39 is 0 Å². The first-order valence-corrected chi connectivity index (χ1v) is 2.31. The van der Waals surface area contributed by atoms with E-state index in [1.54, 1.807) is 0 Å². The molecule has 0 rings (SSSR count). The van der Waals surface area contributed by atoms with Gasteiger partial charge in [-0.2, -0.15) is 0 Å². The molecule has 1 nitrogen and oxygen atoms in total. The minimum atomic E-state index is 0. The molecule has 40 valence electrons. The maximum Gasteiger partial charge on any atom is 0.0705 e. The first-order valence-electron chi connectivity index (χ1n) is 2.01. The molecule has 0 N–H and O–H groups in total. The van der Waals surface area contributed by atoms with Gasteiger partial charge in [0.15, 0.2) is 0 Å². The third-order valence-electron chi connectivity index (χ3n) is 0.396. The minimum Gasteiger partial charge on any atom is -0.279 e. The topological polar surface area (TPSA) is 9.23 Å². The lowest BCUT2D eigenvalue weighted by molar-refractivity contribution is 0.297. The average molecular weight is 133 g/mol. The summed E-state index contributed by atoms with van der Waals surface area (Å²) < 4.78 is 4.28. The zero-order chi connectivity index (χ0) is 4.99. The molecule has 7 heavy (non-hydrogen) atoms. The second-order valence-electron chi connectivity index (χ2n) is 1.67. The van der Waals surface area contributed by atoms with Crippen LogP contribution in [0.4, 0.5) is 0 Å². The second-order valence-corrected chi connectivity index (χ2v) is 1.89. The standard InChI is InChI=1S/C4H9ClO.Mg/c1-4(2)3-6-5;/h4H,3H2,1-2H3;. The molecule has 0 aromatic rings. The molecular weight excluding hydrogens is 124 g/mol. The van der Waals surface area contributed by atoms with Gasteiger partial charge < -0.3 is 0 Å². The summed E-state index contributed by atoms with van der Waals surface area (Å²) in [5.41, 5.74) is 0. The molecule has 0 fully saturated rings. The summed E-state index contributed by atoms with van der Waals surface area (Å²) in [6, 6.07) is 0. The van der Waals surface area contributed by atoms with Crippen molar-refractivity contribution < 1.29 is 4.29 Å². The van der Waals surface area contributed by atoms with E-state index >= 15 is 0 Å². The van der Waals surface area contributed by atoms with Crippen LogP contribution in [0.15, 0.2) is 0 Å². The summed E-state index contributed by atoms with van der Waals surface area (Å²) in [6.45, 7) is 4.73. The molecule has 0 unspecified atom stereocenters. The molecule has 0 atom stereocenters. The molecule has 0 saturated carbocycles. The lowest BCUT2D eigenvalue weighted by Crippen LogP contribution is -1.92. The smallest absolute Gasteiger partial charge is 0.0705 e. The SMILES string of the molecule is CC(C)COCl.[Mg]. The molecule has 0 aromatic heterocycles. The van der Waals surface area contributed by atoms with Crippen LogP contribution in [0.25, 0.3) is 0 Å². The number of rotatable bonds is 2. The highest BCUT2D eigenvalue weighted by Gasteiger charge is 1.87. The largest absolute Gasteiger partial charge is 0.279 e. The van der Waals surface area contributed by atoms with Crippen molar-refractivity contribution in [2.45, 2.75) is 13.8 Å². The minimum absolute atomic E-state index is 0. The van der Waals surface area contributed by atoms with Gasteiger partial charge in [-0.3, -0.25) is 4.29 Å². The first kappa shape index (κ1) is 10.9. The lowest BCUT2D eigenvalue weighted by Gasteiger charge is -1.94. The lowest BCUT2D eigenvalue weighted by atomic mass is 10.2. The van der Waals surface area contributed by atoms with E-state index in [-0.39, 0.29) is 23.1 Å². The Morgan fingerprint density at radius 3 is 2.00 bits per heavy atom. The molecule has 0 heterocycles. The number of hydrogen-bond donors (Lipinski definition) is 0. The van der Waals surface area contributed by atoms with Gasteiger partial charge in [-0.25, -0.2) is 0 Å². The van der Waals surface area contributed by atoms with Crippen molar-refractivity contribution in [2.75, 3.05) is 6.61 Å². The van der Waals surface area contributed by atoms with Gasteiger partial charge in [0.25, 0.3) is 0 Å². The van der Waals surface area contributed by atoms with Gasteiger partial charge in [-0.05, 0) is 5.92 Å². The molecule has 0 amide bonds. The maximum absolute atomic E-state index is 4.90. The fourth-order valence-electron chi connectivity index (χ4n) is 0.126. The molecule has 3 heteroatoms. The van der Waals surface area contributed by atoms with Crippen LogP contribution in [-0.2, 0) is 4.29 Å². The third-order valence-corrected chi connectivity index (χ3v) is 0.522. The molecule has 2 radical (unpaired) electrons. The van der Waals surface area contributed by atoms with Gasteiger partial charge in [0.2, 0.25) is 0 Å². The van der Waals surface area contributed by atoms with Crippen LogP contribution in [-0.4, -0.2) is 29.7 Å². The summed E-state index contributed by atoms with van der Waals surface area (Å²) in [4.78, 5) is 0. The molecule has 0 aliphatic carbocycles. The quantitative estimate of drug-likeness (QED) is 0.517. The van der Waals surface area contributed by atoms with Crippen LogP contribution in [0.1, 0.15) is 13.8 Å². The Morgan fingerprint density at radius 2 is 2.00 bits per heavy atom. The predicted octanol–water partition coefficient (Wildman–Crippen LogP) is 1.43. The predicted molar refractivity (Wildman–Crippen MR) is 32.4 cm³/mol. The fraction of sp³-hybridized carbons (Fsp3) is 1.00. The van der Waals surface area contributed by atoms with Crippen molar-refractivity contribution in [2.24, 2.45) is 5.92 Å². The maximum atomic E-state index is 4.90. The van der Waals surface area contributed by atoms with Crippen molar-refractivity contribution in [3.63, 3.8) is 0 Å². The third kappa shape index (κ3) is 10.9. The van der Waals surface area contributed by atoms with Crippen molar-refractivity contribution >= 4 is 34.9 Å². The summed E-state index contributed by atoms with van der Waals surface area (Å²) in [6.07, 6.45) is 0. The van der Waals surface area contributed by atoms with Crippen LogP contribution in [0, 0.1) is 5.92 Å². The van der Waals surface area contributed by atoms with E-state index in [1.807, 2.05) is 13.8 Å². The Balaban J connectivity index is 0. The fourth-order valence-corrected chi connectivity index (χ4v) is 0.378. The van der Waals surface area contributed by atoms with Crippen LogP contribution in [0.2, 0.25) is 0 Å². The molecule has 0 bridgehead atoms. The van der Waals surface area contributed by atoms with E-state index in [0.29, 0.717) is 12.5 Å². The van der Waals surface area contributed by atoms with E-state index in [0.717, 1.165) is 0 Å². The zero-order valence-electron chi connectivity index (χ0n) is 4.78. The monoisotopic (exact) mass is 132 g/mol. The van der Waals surface area contributed by atoms with Gasteiger partial charge in [-0.1, -0.05) is 13.8 Å². The van der Waals surface area contributed by atoms with Gasteiger partial charge in [0.05, 0.1) is 18.5 Å². The van der Waals surface area contributed by atoms with E-state index in [2.05, 4.69) is 4.29 Å². The number of hydrogen-bond acceptors (Lipinski definition) is 1. The van der Waals surface area contributed by atoms with E-state index in [9.17, 15) is 0 Å². The summed E-state index contributed by atoms with van der Waals surface area (Å²) in [7, 11) is 0.